The number of rotatable bonds is 2. The molecule has 1 saturated heterocycles. The van der Waals surface area contributed by atoms with Gasteiger partial charge < -0.3 is 14.6 Å². The van der Waals surface area contributed by atoms with Crippen molar-refractivity contribution in [3.8, 4) is 0 Å². The summed E-state index contributed by atoms with van der Waals surface area (Å²) in [5.41, 5.74) is 1.69. The fourth-order valence-corrected chi connectivity index (χ4v) is 2.75. The number of carbonyl (C=O) groups excluding carboxylic acids is 1. The highest BCUT2D eigenvalue weighted by molar-refractivity contribution is 5.90. The van der Waals surface area contributed by atoms with Gasteiger partial charge in [0.25, 0.3) is 0 Å². The van der Waals surface area contributed by atoms with Crippen molar-refractivity contribution in [1.82, 2.24) is 15.1 Å². The average molecular weight is 354 g/mol. The summed E-state index contributed by atoms with van der Waals surface area (Å²) < 4.78 is 42.3. The van der Waals surface area contributed by atoms with Crippen LogP contribution in [0.5, 0.6) is 0 Å². The van der Waals surface area contributed by atoms with Crippen LogP contribution in [0.25, 0.3) is 0 Å². The number of para-hydroxylation sites is 1. The van der Waals surface area contributed by atoms with Gasteiger partial charge in [0, 0.05) is 24.7 Å². The number of hydrogen-bond donors (Lipinski definition) is 1. The third-order valence-corrected chi connectivity index (χ3v) is 4.20. The molecule has 1 fully saturated rings. The van der Waals surface area contributed by atoms with Crippen LogP contribution in [0.4, 0.5) is 23.7 Å². The largest absolute Gasteiger partial charge is 0.470 e. The number of likely N-dealkylation sites (tertiary alicyclic amines) is 1. The molecule has 1 aromatic heterocycles. The Kier molecular flexibility index (Phi) is 4.65. The Morgan fingerprint density at radius 1 is 1.24 bits per heavy atom. The maximum atomic E-state index is 12.5. The van der Waals surface area contributed by atoms with Crippen molar-refractivity contribution in [2.24, 2.45) is 0 Å². The topological polar surface area (TPSA) is 71.3 Å². The van der Waals surface area contributed by atoms with Gasteiger partial charge in [0.2, 0.25) is 5.89 Å². The molecule has 2 amide bonds. The zero-order valence-electron chi connectivity index (χ0n) is 13.5. The Labute approximate surface area is 142 Å². The molecule has 3 rings (SSSR count). The lowest BCUT2D eigenvalue weighted by Gasteiger charge is -2.30. The van der Waals surface area contributed by atoms with E-state index in [2.05, 4.69) is 15.5 Å². The Morgan fingerprint density at radius 3 is 2.52 bits per heavy atom. The summed E-state index contributed by atoms with van der Waals surface area (Å²) in [6.45, 7) is 2.72. The highest BCUT2D eigenvalue weighted by atomic mass is 19.4. The van der Waals surface area contributed by atoms with E-state index in [-0.39, 0.29) is 17.8 Å². The molecule has 0 saturated carbocycles. The second-order valence-corrected chi connectivity index (χ2v) is 5.95. The van der Waals surface area contributed by atoms with Gasteiger partial charge in [-0.25, -0.2) is 4.79 Å². The monoisotopic (exact) mass is 354 g/mol. The zero-order chi connectivity index (χ0) is 18.0. The number of piperidine rings is 1. The lowest BCUT2D eigenvalue weighted by molar-refractivity contribution is -0.157. The number of nitrogens with one attached hydrogen (secondary N) is 1. The molecule has 1 aliphatic rings. The summed E-state index contributed by atoms with van der Waals surface area (Å²) >= 11 is 0. The molecular weight excluding hydrogens is 337 g/mol. The minimum atomic E-state index is -4.64. The molecule has 0 bridgehead atoms. The normalized spacial score (nSPS) is 16.1. The molecule has 2 heterocycles. The highest BCUT2D eigenvalue weighted by Crippen LogP contribution is 2.32. The van der Waals surface area contributed by atoms with E-state index in [1.165, 1.54) is 0 Å². The standard InChI is InChI=1S/C16H17F3N4O2/c1-10-4-2-3-5-12(10)20-15(24)23-8-6-11(7-9-23)13-21-22-14(25-13)16(17,18)19/h2-5,11H,6-9H2,1H3,(H,20,24). The molecular formula is C16H17F3N4O2. The van der Waals surface area contributed by atoms with Crippen LogP contribution >= 0.6 is 0 Å². The first-order valence-electron chi connectivity index (χ1n) is 7.87. The predicted molar refractivity (Wildman–Crippen MR) is 83.0 cm³/mol. The van der Waals surface area contributed by atoms with Gasteiger partial charge in [-0.2, -0.15) is 13.2 Å². The van der Waals surface area contributed by atoms with E-state index < -0.39 is 12.1 Å². The smallest absolute Gasteiger partial charge is 0.417 e. The van der Waals surface area contributed by atoms with E-state index in [1.807, 2.05) is 31.2 Å². The molecule has 0 spiro atoms. The number of urea groups is 1. The van der Waals surface area contributed by atoms with E-state index >= 15 is 0 Å². The van der Waals surface area contributed by atoms with Crippen LogP contribution in [-0.4, -0.2) is 34.2 Å². The van der Waals surface area contributed by atoms with Gasteiger partial charge in [-0.15, -0.1) is 10.2 Å². The van der Waals surface area contributed by atoms with E-state index in [9.17, 15) is 18.0 Å². The molecule has 1 aliphatic heterocycles. The minimum absolute atomic E-state index is 0.0220. The van der Waals surface area contributed by atoms with E-state index in [0.717, 1.165) is 11.3 Å². The van der Waals surface area contributed by atoms with Gasteiger partial charge in [-0.1, -0.05) is 18.2 Å². The van der Waals surface area contributed by atoms with Crippen molar-refractivity contribution in [2.75, 3.05) is 18.4 Å². The number of carbonyl (C=O) groups is 1. The summed E-state index contributed by atoms with van der Waals surface area (Å²) in [6, 6.07) is 7.21. The molecule has 0 atom stereocenters. The molecule has 9 heteroatoms. The lowest BCUT2D eigenvalue weighted by Crippen LogP contribution is -2.40. The Hall–Kier alpha value is -2.58. The maximum absolute atomic E-state index is 12.5. The maximum Gasteiger partial charge on any atom is 0.470 e. The molecule has 2 aromatic rings. The Bertz CT molecular complexity index is 752. The first kappa shape index (κ1) is 17.2. The summed E-state index contributed by atoms with van der Waals surface area (Å²) in [5.74, 6) is -1.63. The number of alkyl halides is 3. The summed E-state index contributed by atoms with van der Waals surface area (Å²) in [7, 11) is 0. The fourth-order valence-electron chi connectivity index (χ4n) is 2.75. The first-order valence-corrected chi connectivity index (χ1v) is 7.87. The molecule has 0 radical (unpaired) electrons. The van der Waals surface area contributed by atoms with Crippen molar-refractivity contribution in [1.29, 1.82) is 0 Å². The van der Waals surface area contributed by atoms with Gasteiger partial charge in [-0.3, -0.25) is 0 Å². The summed E-state index contributed by atoms with van der Waals surface area (Å²) in [5, 5.41) is 9.39. The Morgan fingerprint density at radius 2 is 1.92 bits per heavy atom. The van der Waals surface area contributed by atoms with Crippen molar-refractivity contribution in [2.45, 2.75) is 31.9 Å². The van der Waals surface area contributed by atoms with Gasteiger partial charge in [-0.05, 0) is 31.4 Å². The summed E-state index contributed by atoms with van der Waals surface area (Å²) in [4.78, 5) is 13.9. The molecule has 0 unspecified atom stereocenters. The molecule has 134 valence electrons. The van der Waals surface area contributed by atoms with E-state index in [0.29, 0.717) is 25.9 Å². The number of nitrogens with zero attached hydrogens (tertiary/aromatic N) is 3. The second-order valence-electron chi connectivity index (χ2n) is 5.95. The predicted octanol–water partition coefficient (Wildman–Crippen LogP) is 3.81. The van der Waals surface area contributed by atoms with Crippen LogP contribution in [0.15, 0.2) is 28.7 Å². The van der Waals surface area contributed by atoms with Gasteiger partial charge in [0.15, 0.2) is 0 Å². The molecule has 25 heavy (non-hydrogen) atoms. The lowest BCUT2D eigenvalue weighted by atomic mass is 9.97. The molecule has 1 N–H and O–H groups in total. The van der Waals surface area contributed by atoms with Crippen molar-refractivity contribution < 1.29 is 22.4 Å². The third-order valence-electron chi connectivity index (χ3n) is 4.20. The van der Waals surface area contributed by atoms with Crippen LogP contribution in [-0.2, 0) is 6.18 Å². The summed E-state index contributed by atoms with van der Waals surface area (Å²) in [6.07, 6.45) is -3.69. The quantitative estimate of drug-likeness (QED) is 0.890. The van der Waals surface area contributed by atoms with Crippen molar-refractivity contribution in [3.05, 3.63) is 41.6 Å². The third kappa shape index (κ3) is 3.92. The van der Waals surface area contributed by atoms with Crippen LogP contribution in [0.2, 0.25) is 0 Å². The number of aromatic nitrogens is 2. The average Bonchev–Trinajstić information content (AvgIpc) is 3.07. The SMILES string of the molecule is Cc1ccccc1NC(=O)N1CCC(c2nnc(C(F)(F)F)o2)CC1. The molecule has 0 aliphatic carbocycles. The molecule has 6 nitrogen and oxygen atoms in total. The highest BCUT2D eigenvalue weighted by Gasteiger charge is 2.39. The second kappa shape index (κ2) is 6.73. The van der Waals surface area contributed by atoms with E-state index in [1.54, 1.807) is 4.90 Å². The number of aryl methyl sites for hydroxylation is 1. The van der Waals surface area contributed by atoms with Crippen molar-refractivity contribution >= 4 is 11.7 Å². The van der Waals surface area contributed by atoms with Crippen LogP contribution < -0.4 is 5.32 Å². The fraction of sp³-hybridized carbons (Fsp3) is 0.438. The van der Waals surface area contributed by atoms with Crippen LogP contribution in [0, 0.1) is 6.92 Å². The van der Waals surface area contributed by atoms with Crippen LogP contribution in [0.1, 0.15) is 36.1 Å². The number of halogens is 3. The van der Waals surface area contributed by atoms with Gasteiger partial charge in [0.05, 0.1) is 0 Å². The number of amides is 2. The Balaban J connectivity index is 1.57. The van der Waals surface area contributed by atoms with E-state index in [4.69, 9.17) is 4.42 Å². The molecule has 1 aromatic carbocycles. The number of anilines is 1. The van der Waals surface area contributed by atoms with Gasteiger partial charge in [0.1, 0.15) is 0 Å². The number of benzene rings is 1. The van der Waals surface area contributed by atoms with Crippen LogP contribution in [0.3, 0.4) is 0 Å². The zero-order valence-corrected chi connectivity index (χ0v) is 13.5. The van der Waals surface area contributed by atoms with Crippen molar-refractivity contribution in [3.63, 3.8) is 0 Å². The number of hydrogen-bond acceptors (Lipinski definition) is 4. The van der Waals surface area contributed by atoms with Gasteiger partial charge >= 0.3 is 18.1 Å². The first-order chi connectivity index (χ1) is 11.8. The minimum Gasteiger partial charge on any atom is -0.417 e.